The third kappa shape index (κ3) is 6.84. The van der Waals surface area contributed by atoms with Gasteiger partial charge in [-0.25, -0.2) is 12.8 Å². The first-order valence-corrected chi connectivity index (χ1v) is 9.88. The molecule has 0 aromatic heterocycles. The third-order valence-corrected chi connectivity index (χ3v) is 5.60. The van der Waals surface area contributed by atoms with E-state index in [0.29, 0.717) is 6.42 Å². The predicted octanol–water partition coefficient (Wildman–Crippen LogP) is 4.73. The van der Waals surface area contributed by atoms with Crippen LogP contribution < -0.4 is 0 Å². The zero-order valence-corrected chi connectivity index (χ0v) is 14.1. The molecule has 1 aromatic carbocycles. The van der Waals surface area contributed by atoms with Crippen LogP contribution in [0, 0.1) is 5.82 Å². The zero-order chi connectivity index (χ0) is 14.8. The Labute approximate surface area is 129 Å². The Kier molecular flexibility index (Phi) is 8.38. The van der Waals surface area contributed by atoms with Crippen LogP contribution in [0.5, 0.6) is 0 Å². The molecule has 0 aliphatic rings. The van der Waals surface area contributed by atoms with Crippen LogP contribution in [0.15, 0.2) is 29.2 Å². The van der Waals surface area contributed by atoms with Crippen LogP contribution in [0.25, 0.3) is 0 Å². The zero-order valence-electron chi connectivity index (χ0n) is 11.7. The first kappa shape index (κ1) is 17.6. The molecule has 0 saturated carbocycles. The lowest BCUT2D eigenvalue weighted by molar-refractivity contribution is 0.579. The van der Waals surface area contributed by atoms with Crippen molar-refractivity contribution >= 4 is 25.8 Å². The summed E-state index contributed by atoms with van der Waals surface area (Å²) in [6.07, 6.45) is 7.53. The van der Waals surface area contributed by atoms with Crippen molar-refractivity contribution in [1.29, 1.82) is 0 Å². The second-order valence-corrected chi connectivity index (χ2v) is 7.84. The van der Waals surface area contributed by atoms with Gasteiger partial charge in [0.25, 0.3) is 0 Å². The standard InChI is InChI=1S/C15H22BrFO2S/c16-12-6-4-2-1-3-5-7-13-20(18,19)15-10-8-14(17)9-11-15/h8-11H,1-7,12-13H2. The Bertz CT molecular complexity index is 471. The van der Waals surface area contributed by atoms with Crippen LogP contribution >= 0.6 is 15.9 Å². The molecule has 0 bridgehead atoms. The summed E-state index contributed by atoms with van der Waals surface area (Å²) in [5, 5.41) is 1.06. The monoisotopic (exact) mass is 364 g/mol. The highest BCUT2D eigenvalue weighted by Crippen LogP contribution is 2.15. The first-order valence-electron chi connectivity index (χ1n) is 7.10. The van der Waals surface area contributed by atoms with Crippen LogP contribution in [-0.2, 0) is 9.84 Å². The minimum Gasteiger partial charge on any atom is -0.224 e. The molecule has 0 amide bonds. The SMILES string of the molecule is O=S(=O)(CCCCCCCCCBr)c1ccc(F)cc1. The van der Waals surface area contributed by atoms with Crippen molar-refractivity contribution in [3.05, 3.63) is 30.1 Å². The largest absolute Gasteiger partial charge is 0.224 e. The Balaban J connectivity index is 2.22. The van der Waals surface area contributed by atoms with Crippen LogP contribution in [0.2, 0.25) is 0 Å². The molecule has 0 spiro atoms. The van der Waals surface area contributed by atoms with Gasteiger partial charge in [-0.2, -0.15) is 0 Å². The van der Waals surface area contributed by atoms with Crippen molar-refractivity contribution in [3.8, 4) is 0 Å². The van der Waals surface area contributed by atoms with Gasteiger partial charge in [-0.1, -0.05) is 48.0 Å². The van der Waals surface area contributed by atoms with Gasteiger partial charge in [-0.3, -0.25) is 0 Å². The van der Waals surface area contributed by atoms with E-state index in [4.69, 9.17) is 0 Å². The molecule has 1 aromatic rings. The summed E-state index contributed by atoms with van der Waals surface area (Å²) in [5.74, 6) is -0.257. The van der Waals surface area contributed by atoms with Crippen molar-refractivity contribution in [2.45, 2.75) is 49.8 Å². The second kappa shape index (κ2) is 9.50. The molecule has 0 radical (unpaired) electrons. The minimum absolute atomic E-state index is 0.153. The highest BCUT2D eigenvalue weighted by atomic mass is 79.9. The molecule has 0 saturated heterocycles. The number of halogens is 2. The van der Waals surface area contributed by atoms with Gasteiger partial charge in [0.1, 0.15) is 5.82 Å². The van der Waals surface area contributed by atoms with Gasteiger partial charge < -0.3 is 0 Å². The van der Waals surface area contributed by atoms with Crippen molar-refractivity contribution in [3.63, 3.8) is 0 Å². The van der Waals surface area contributed by atoms with E-state index in [1.54, 1.807) is 0 Å². The molecule has 0 heterocycles. The maximum atomic E-state index is 12.8. The van der Waals surface area contributed by atoms with E-state index in [1.165, 1.54) is 49.9 Å². The fraction of sp³-hybridized carbons (Fsp3) is 0.600. The van der Waals surface area contributed by atoms with Crippen LogP contribution in [-0.4, -0.2) is 19.5 Å². The molecule has 0 fully saturated rings. The lowest BCUT2D eigenvalue weighted by Crippen LogP contribution is -2.06. The normalized spacial score (nSPS) is 11.7. The summed E-state index contributed by atoms with van der Waals surface area (Å²) in [6, 6.07) is 5.06. The Hall–Kier alpha value is -0.420. The fourth-order valence-corrected chi connectivity index (χ4v) is 3.80. The molecule has 0 aliphatic carbocycles. The van der Waals surface area contributed by atoms with E-state index >= 15 is 0 Å². The van der Waals surface area contributed by atoms with Crippen molar-refractivity contribution in [2.75, 3.05) is 11.1 Å². The van der Waals surface area contributed by atoms with E-state index in [1.807, 2.05) is 0 Å². The number of alkyl halides is 1. The van der Waals surface area contributed by atoms with Crippen molar-refractivity contribution in [1.82, 2.24) is 0 Å². The van der Waals surface area contributed by atoms with E-state index in [-0.39, 0.29) is 10.6 Å². The van der Waals surface area contributed by atoms with E-state index in [9.17, 15) is 12.8 Å². The molecule has 2 nitrogen and oxygen atoms in total. The van der Waals surface area contributed by atoms with Gasteiger partial charge in [0.15, 0.2) is 9.84 Å². The number of sulfone groups is 1. The van der Waals surface area contributed by atoms with Crippen molar-refractivity contribution < 1.29 is 12.8 Å². The van der Waals surface area contributed by atoms with Gasteiger partial charge in [-0.15, -0.1) is 0 Å². The highest BCUT2D eigenvalue weighted by molar-refractivity contribution is 9.09. The average Bonchev–Trinajstić information content (AvgIpc) is 2.42. The Morgan fingerprint density at radius 2 is 1.35 bits per heavy atom. The topological polar surface area (TPSA) is 34.1 Å². The van der Waals surface area contributed by atoms with Gasteiger partial charge in [-0.05, 0) is 37.1 Å². The lowest BCUT2D eigenvalue weighted by Gasteiger charge is -2.04. The molecule has 0 N–H and O–H groups in total. The molecule has 20 heavy (non-hydrogen) atoms. The molecule has 5 heteroatoms. The van der Waals surface area contributed by atoms with E-state index in [2.05, 4.69) is 15.9 Å². The fourth-order valence-electron chi connectivity index (χ4n) is 2.03. The smallest absolute Gasteiger partial charge is 0.178 e. The van der Waals surface area contributed by atoms with Crippen LogP contribution in [0.4, 0.5) is 4.39 Å². The summed E-state index contributed by atoms with van der Waals surface area (Å²) in [4.78, 5) is 0.219. The number of rotatable bonds is 10. The molecule has 0 unspecified atom stereocenters. The molecular weight excluding hydrogens is 343 g/mol. The summed E-state index contributed by atoms with van der Waals surface area (Å²) < 4.78 is 36.7. The van der Waals surface area contributed by atoms with Gasteiger partial charge >= 0.3 is 0 Å². The quantitative estimate of drug-likeness (QED) is 0.341. The third-order valence-electron chi connectivity index (χ3n) is 3.22. The number of unbranched alkanes of at least 4 members (excludes halogenated alkanes) is 6. The van der Waals surface area contributed by atoms with Gasteiger partial charge in [0.2, 0.25) is 0 Å². The summed E-state index contributed by atoms with van der Waals surface area (Å²) in [6.45, 7) is 0. The molecular formula is C15H22BrFO2S. The molecule has 0 atom stereocenters. The maximum absolute atomic E-state index is 12.8. The van der Waals surface area contributed by atoms with Crippen molar-refractivity contribution in [2.24, 2.45) is 0 Å². The summed E-state index contributed by atoms with van der Waals surface area (Å²) >= 11 is 3.40. The van der Waals surface area contributed by atoms with E-state index in [0.717, 1.165) is 18.2 Å². The second-order valence-electron chi connectivity index (χ2n) is 4.94. The number of hydrogen-bond acceptors (Lipinski definition) is 2. The van der Waals surface area contributed by atoms with Crippen LogP contribution in [0.1, 0.15) is 44.9 Å². The number of benzene rings is 1. The first-order chi connectivity index (χ1) is 9.56. The predicted molar refractivity (Wildman–Crippen MR) is 84.6 cm³/mol. The van der Waals surface area contributed by atoms with Crippen LogP contribution in [0.3, 0.4) is 0 Å². The average molecular weight is 365 g/mol. The Morgan fingerprint density at radius 3 is 1.90 bits per heavy atom. The lowest BCUT2D eigenvalue weighted by atomic mass is 10.1. The summed E-state index contributed by atoms with van der Waals surface area (Å²) in [7, 11) is -3.25. The molecule has 0 aliphatic heterocycles. The Morgan fingerprint density at radius 1 is 0.850 bits per heavy atom. The number of hydrogen-bond donors (Lipinski definition) is 0. The molecule has 1 rings (SSSR count). The highest BCUT2D eigenvalue weighted by Gasteiger charge is 2.13. The van der Waals surface area contributed by atoms with Gasteiger partial charge in [0, 0.05) is 5.33 Å². The molecule has 114 valence electrons. The van der Waals surface area contributed by atoms with E-state index < -0.39 is 15.7 Å². The minimum atomic E-state index is -3.25. The summed E-state index contributed by atoms with van der Waals surface area (Å²) in [5.41, 5.74) is 0. The maximum Gasteiger partial charge on any atom is 0.178 e. The van der Waals surface area contributed by atoms with Gasteiger partial charge in [0.05, 0.1) is 10.6 Å².